The van der Waals surface area contributed by atoms with Gasteiger partial charge < -0.3 is 5.11 Å². The zero-order chi connectivity index (χ0) is 12.8. The Morgan fingerprint density at radius 3 is 2.50 bits per heavy atom. The number of benzene rings is 1. The van der Waals surface area contributed by atoms with Crippen LogP contribution in [0.1, 0.15) is 41.6 Å². The van der Waals surface area contributed by atoms with Crippen molar-refractivity contribution in [3.8, 4) is 0 Å². The maximum absolute atomic E-state index is 11.1. The molecule has 1 aliphatic heterocycles. The third-order valence-corrected chi connectivity index (χ3v) is 3.13. The number of hydrazone groups is 1. The van der Waals surface area contributed by atoms with Gasteiger partial charge in [-0.15, -0.1) is 0 Å². The quantitative estimate of drug-likeness (QED) is 0.834. The molecule has 0 amide bonds. The van der Waals surface area contributed by atoms with Crippen LogP contribution in [0.3, 0.4) is 0 Å². The topological polar surface area (TPSA) is 52.9 Å². The van der Waals surface area contributed by atoms with E-state index >= 15 is 0 Å². The summed E-state index contributed by atoms with van der Waals surface area (Å²) in [6.45, 7) is 1.93. The molecule has 4 heteroatoms. The first-order valence-electron chi connectivity index (χ1n) is 6.38. The second-order valence-electron chi connectivity index (χ2n) is 4.50. The number of carboxylic acids is 1. The van der Waals surface area contributed by atoms with E-state index in [1.165, 1.54) is 12.8 Å². The van der Waals surface area contributed by atoms with Crippen LogP contribution in [0, 0.1) is 0 Å². The van der Waals surface area contributed by atoms with Crippen LogP contribution in [0.4, 0.5) is 0 Å². The molecule has 2 rings (SSSR count). The molecule has 1 aliphatic rings. The molecular formula is C14H18N2O2. The summed E-state index contributed by atoms with van der Waals surface area (Å²) in [7, 11) is 0. The lowest BCUT2D eigenvalue weighted by Gasteiger charge is -2.15. The molecule has 96 valence electrons. The van der Waals surface area contributed by atoms with Crippen molar-refractivity contribution in [3.05, 3.63) is 35.4 Å². The molecule has 18 heavy (non-hydrogen) atoms. The zero-order valence-corrected chi connectivity index (χ0v) is 10.4. The Bertz CT molecular complexity index is 435. The SMILES string of the molecule is O=C(O)c1ccccc1/C=N\N1CCCCCC1. The highest BCUT2D eigenvalue weighted by molar-refractivity contribution is 5.98. The summed E-state index contributed by atoms with van der Waals surface area (Å²) < 4.78 is 0. The average molecular weight is 246 g/mol. The molecular weight excluding hydrogens is 228 g/mol. The van der Waals surface area contributed by atoms with E-state index in [0.717, 1.165) is 25.9 Å². The van der Waals surface area contributed by atoms with E-state index in [1.54, 1.807) is 24.4 Å². The zero-order valence-electron chi connectivity index (χ0n) is 10.4. The molecule has 0 radical (unpaired) electrons. The van der Waals surface area contributed by atoms with Crippen molar-refractivity contribution < 1.29 is 9.90 Å². The monoisotopic (exact) mass is 246 g/mol. The van der Waals surface area contributed by atoms with E-state index in [2.05, 4.69) is 5.10 Å². The van der Waals surface area contributed by atoms with Crippen molar-refractivity contribution in [2.24, 2.45) is 5.10 Å². The van der Waals surface area contributed by atoms with Crippen LogP contribution in [-0.2, 0) is 0 Å². The second-order valence-corrected chi connectivity index (χ2v) is 4.50. The molecule has 0 aromatic heterocycles. The van der Waals surface area contributed by atoms with Gasteiger partial charge in [-0.05, 0) is 18.9 Å². The maximum atomic E-state index is 11.1. The summed E-state index contributed by atoms with van der Waals surface area (Å²) in [5, 5.41) is 15.5. The molecule has 0 aliphatic carbocycles. The summed E-state index contributed by atoms with van der Waals surface area (Å²) in [5.41, 5.74) is 0.963. The normalized spacial score (nSPS) is 16.8. The molecule has 0 saturated carbocycles. The highest BCUT2D eigenvalue weighted by Gasteiger charge is 2.08. The van der Waals surface area contributed by atoms with Crippen LogP contribution in [0.2, 0.25) is 0 Å². The molecule has 1 heterocycles. The first-order valence-corrected chi connectivity index (χ1v) is 6.38. The molecule has 4 nitrogen and oxygen atoms in total. The highest BCUT2D eigenvalue weighted by atomic mass is 16.4. The molecule has 0 atom stereocenters. The van der Waals surface area contributed by atoms with Gasteiger partial charge in [0.25, 0.3) is 0 Å². The van der Waals surface area contributed by atoms with Gasteiger partial charge in [0.1, 0.15) is 0 Å². The van der Waals surface area contributed by atoms with Crippen molar-refractivity contribution in [2.75, 3.05) is 13.1 Å². The van der Waals surface area contributed by atoms with E-state index < -0.39 is 5.97 Å². The van der Waals surface area contributed by atoms with Gasteiger partial charge in [0.2, 0.25) is 0 Å². The van der Waals surface area contributed by atoms with Crippen molar-refractivity contribution in [1.82, 2.24) is 5.01 Å². The van der Waals surface area contributed by atoms with Crippen LogP contribution in [0.5, 0.6) is 0 Å². The minimum Gasteiger partial charge on any atom is -0.478 e. The number of aromatic carboxylic acids is 1. The Morgan fingerprint density at radius 2 is 1.83 bits per heavy atom. The van der Waals surface area contributed by atoms with Gasteiger partial charge >= 0.3 is 5.97 Å². The Kier molecular flexibility index (Phi) is 4.34. The third kappa shape index (κ3) is 3.32. The van der Waals surface area contributed by atoms with E-state index in [1.807, 2.05) is 11.1 Å². The highest BCUT2D eigenvalue weighted by Crippen LogP contribution is 2.11. The predicted molar refractivity (Wildman–Crippen MR) is 71.0 cm³/mol. The van der Waals surface area contributed by atoms with Gasteiger partial charge in [-0.1, -0.05) is 31.0 Å². The molecule has 0 bridgehead atoms. The van der Waals surface area contributed by atoms with Gasteiger partial charge in [-0.25, -0.2) is 4.79 Å². The molecule has 1 aromatic rings. The number of hydrogen-bond acceptors (Lipinski definition) is 3. The van der Waals surface area contributed by atoms with Gasteiger partial charge in [0.05, 0.1) is 11.8 Å². The molecule has 1 fully saturated rings. The fourth-order valence-corrected chi connectivity index (χ4v) is 2.12. The van der Waals surface area contributed by atoms with Gasteiger partial charge in [-0.3, -0.25) is 5.01 Å². The standard InChI is InChI=1S/C14H18N2O2/c17-14(18)13-8-4-3-7-12(13)11-15-16-9-5-1-2-6-10-16/h3-4,7-8,11H,1-2,5-6,9-10H2,(H,17,18)/b15-11-. The first kappa shape index (κ1) is 12.6. The van der Waals surface area contributed by atoms with Crippen LogP contribution in [0.25, 0.3) is 0 Å². The van der Waals surface area contributed by atoms with E-state index in [9.17, 15) is 4.79 Å². The smallest absolute Gasteiger partial charge is 0.336 e. The van der Waals surface area contributed by atoms with Crippen molar-refractivity contribution >= 4 is 12.2 Å². The minimum absolute atomic E-state index is 0.302. The summed E-state index contributed by atoms with van der Waals surface area (Å²) in [5.74, 6) is -0.909. The molecule has 1 aromatic carbocycles. The predicted octanol–water partition coefficient (Wildman–Crippen LogP) is 2.59. The Hall–Kier alpha value is -1.84. The van der Waals surface area contributed by atoms with Crippen LogP contribution in [-0.4, -0.2) is 35.4 Å². The summed E-state index contributed by atoms with van der Waals surface area (Å²) >= 11 is 0. The maximum Gasteiger partial charge on any atom is 0.336 e. The summed E-state index contributed by atoms with van der Waals surface area (Å²) in [6.07, 6.45) is 6.51. The van der Waals surface area contributed by atoms with Crippen LogP contribution < -0.4 is 0 Å². The Labute approximate surface area is 107 Å². The van der Waals surface area contributed by atoms with Gasteiger partial charge in [0, 0.05) is 18.7 Å². The minimum atomic E-state index is -0.909. The lowest BCUT2D eigenvalue weighted by molar-refractivity contribution is 0.0696. The lowest BCUT2D eigenvalue weighted by Crippen LogP contribution is -2.18. The number of hydrogen-bond donors (Lipinski definition) is 1. The van der Waals surface area contributed by atoms with Crippen molar-refractivity contribution in [3.63, 3.8) is 0 Å². The second kappa shape index (κ2) is 6.19. The number of carbonyl (C=O) groups is 1. The van der Waals surface area contributed by atoms with E-state index in [4.69, 9.17) is 5.11 Å². The van der Waals surface area contributed by atoms with E-state index in [-0.39, 0.29) is 0 Å². The molecule has 1 saturated heterocycles. The number of rotatable bonds is 3. The van der Waals surface area contributed by atoms with Crippen molar-refractivity contribution in [2.45, 2.75) is 25.7 Å². The number of nitrogens with zero attached hydrogens (tertiary/aromatic N) is 2. The summed E-state index contributed by atoms with van der Waals surface area (Å²) in [6, 6.07) is 6.94. The van der Waals surface area contributed by atoms with Crippen LogP contribution in [0.15, 0.2) is 29.4 Å². The molecule has 1 N–H and O–H groups in total. The average Bonchev–Trinajstić information content (AvgIpc) is 2.65. The largest absolute Gasteiger partial charge is 0.478 e. The lowest BCUT2D eigenvalue weighted by atomic mass is 10.1. The van der Waals surface area contributed by atoms with Gasteiger partial charge in [0.15, 0.2) is 0 Å². The fourth-order valence-electron chi connectivity index (χ4n) is 2.12. The first-order chi connectivity index (χ1) is 8.77. The van der Waals surface area contributed by atoms with Crippen LogP contribution >= 0.6 is 0 Å². The Balaban J connectivity index is 2.10. The van der Waals surface area contributed by atoms with E-state index in [0.29, 0.717) is 11.1 Å². The van der Waals surface area contributed by atoms with Crippen molar-refractivity contribution in [1.29, 1.82) is 0 Å². The fraction of sp³-hybridized carbons (Fsp3) is 0.429. The molecule has 0 unspecified atom stereocenters. The third-order valence-electron chi connectivity index (χ3n) is 3.13. The Morgan fingerprint density at radius 1 is 1.17 bits per heavy atom. The molecule has 0 spiro atoms. The number of carboxylic acid groups (broad SMARTS) is 1. The van der Waals surface area contributed by atoms with Gasteiger partial charge in [-0.2, -0.15) is 5.10 Å². The summed E-state index contributed by atoms with van der Waals surface area (Å²) in [4.78, 5) is 11.1.